The molecular weight excluding hydrogens is 348 g/mol. The Labute approximate surface area is 155 Å². The SMILES string of the molecule is Cc1ccsc1/C=N/NC(=O)c1ccc(CSc2ccccc2)cc1. The highest BCUT2D eigenvalue weighted by atomic mass is 32.2. The van der Waals surface area contributed by atoms with Gasteiger partial charge in [-0.25, -0.2) is 5.43 Å². The number of carbonyl (C=O) groups is 1. The lowest BCUT2D eigenvalue weighted by atomic mass is 10.1. The first-order valence-corrected chi connectivity index (χ1v) is 9.73. The summed E-state index contributed by atoms with van der Waals surface area (Å²) >= 11 is 3.38. The van der Waals surface area contributed by atoms with Crippen molar-refractivity contribution in [3.63, 3.8) is 0 Å². The van der Waals surface area contributed by atoms with E-state index in [-0.39, 0.29) is 5.91 Å². The standard InChI is InChI=1S/C20H18N2OS2/c1-15-11-12-24-19(15)13-21-22-20(23)17-9-7-16(8-10-17)14-25-18-5-3-2-4-6-18/h2-13H,14H2,1H3,(H,22,23)/b21-13+. The van der Waals surface area contributed by atoms with Gasteiger partial charge >= 0.3 is 0 Å². The molecule has 1 heterocycles. The number of nitrogens with one attached hydrogen (secondary N) is 1. The molecule has 0 saturated carbocycles. The second kappa shape index (κ2) is 8.65. The third-order valence-corrected chi connectivity index (χ3v) is 5.65. The van der Waals surface area contributed by atoms with Crippen LogP contribution >= 0.6 is 23.1 Å². The first kappa shape index (κ1) is 17.5. The molecule has 0 aliphatic heterocycles. The van der Waals surface area contributed by atoms with E-state index in [1.165, 1.54) is 10.5 Å². The van der Waals surface area contributed by atoms with Gasteiger partial charge in [-0.05, 0) is 53.8 Å². The highest BCUT2D eigenvalue weighted by Crippen LogP contribution is 2.22. The molecule has 0 unspecified atom stereocenters. The molecule has 0 radical (unpaired) electrons. The second-order valence-electron chi connectivity index (χ2n) is 5.47. The van der Waals surface area contributed by atoms with Crippen LogP contribution in [0.5, 0.6) is 0 Å². The van der Waals surface area contributed by atoms with Gasteiger partial charge in [-0.1, -0.05) is 30.3 Å². The minimum Gasteiger partial charge on any atom is -0.267 e. The molecule has 5 heteroatoms. The fourth-order valence-electron chi connectivity index (χ4n) is 2.17. The zero-order chi connectivity index (χ0) is 17.5. The minimum absolute atomic E-state index is 0.201. The van der Waals surface area contributed by atoms with Crippen LogP contribution in [0.3, 0.4) is 0 Å². The van der Waals surface area contributed by atoms with Gasteiger partial charge in [-0.15, -0.1) is 23.1 Å². The molecule has 0 fully saturated rings. The molecule has 3 rings (SSSR count). The van der Waals surface area contributed by atoms with Gasteiger partial charge in [0.2, 0.25) is 0 Å². The molecule has 0 aliphatic carbocycles. The highest BCUT2D eigenvalue weighted by molar-refractivity contribution is 7.98. The Morgan fingerprint density at radius 1 is 1.12 bits per heavy atom. The third kappa shape index (κ3) is 5.05. The molecule has 0 aliphatic rings. The molecule has 3 nitrogen and oxygen atoms in total. The Kier molecular flexibility index (Phi) is 6.04. The predicted octanol–water partition coefficient (Wildman–Crippen LogP) is 5.11. The van der Waals surface area contributed by atoms with Crippen LogP contribution < -0.4 is 5.43 Å². The Morgan fingerprint density at radius 2 is 1.88 bits per heavy atom. The van der Waals surface area contributed by atoms with Crippen LogP contribution in [0.2, 0.25) is 0 Å². The van der Waals surface area contributed by atoms with Crippen molar-refractivity contribution in [1.29, 1.82) is 0 Å². The number of benzene rings is 2. The van der Waals surface area contributed by atoms with Gasteiger partial charge in [0.25, 0.3) is 5.91 Å². The molecule has 25 heavy (non-hydrogen) atoms. The number of nitrogens with zero attached hydrogens (tertiary/aromatic N) is 1. The van der Waals surface area contributed by atoms with Crippen molar-refractivity contribution in [3.8, 4) is 0 Å². The number of thioether (sulfide) groups is 1. The molecule has 3 aromatic rings. The van der Waals surface area contributed by atoms with Gasteiger partial charge in [0.1, 0.15) is 0 Å². The van der Waals surface area contributed by atoms with E-state index in [0.717, 1.165) is 16.2 Å². The normalized spacial score (nSPS) is 10.9. The fourth-order valence-corrected chi connectivity index (χ4v) is 3.83. The second-order valence-corrected chi connectivity index (χ2v) is 7.46. The molecule has 0 atom stereocenters. The van der Waals surface area contributed by atoms with E-state index in [2.05, 4.69) is 22.7 Å². The van der Waals surface area contributed by atoms with Crippen molar-refractivity contribution >= 4 is 35.2 Å². The molecule has 1 N–H and O–H groups in total. The molecule has 0 bridgehead atoms. The maximum absolute atomic E-state index is 12.1. The average molecular weight is 367 g/mol. The lowest BCUT2D eigenvalue weighted by molar-refractivity contribution is 0.0955. The van der Waals surface area contributed by atoms with Crippen LogP contribution in [0, 0.1) is 6.92 Å². The van der Waals surface area contributed by atoms with Gasteiger partial charge < -0.3 is 0 Å². The van der Waals surface area contributed by atoms with Crippen LogP contribution in [-0.2, 0) is 5.75 Å². The summed E-state index contributed by atoms with van der Waals surface area (Å²) in [5, 5.41) is 6.04. The number of hydrogen-bond donors (Lipinski definition) is 1. The van der Waals surface area contributed by atoms with Gasteiger partial charge in [-0.3, -0.25) is 4.79 Å². The number of aryl methyl sites for hydroxylation is 1. The largest absolute Gasteiger partial charge is 0.271 e. The van der Waals surface area contributed by atoms with Gasteiger partial charge in [-0.2, -0.15) is 5.10 Å². The molecule has 1 aromatic heterocycles. The quantitative estimate of drug-likeness (QED) is 0.374. The van der Waals surface area contributed by atoms with Crippen molar-refractivity contribution in [2.75, 3.05) is 0 Å². The van der Waals surface area contributed by atoms with Crippen molar-refractivity contribution in [1.82, 2.24) is 5.43 Å². The first-order valence-electron chi connectivity index (χ1n) is 7.86. The summed E-state index contributed by atoms with van der Waals surface area (Å²) in [4.78, 5) is 14.4. The third-order valence-electron chi connectivity index (χ3n) is 3.61. The van der Waals surface area contributed by atoms with E-state index in [1.54, 1.807) is 29.3 Å². The van der Waals surface area contributed by atoms with Crippen LogP contribution in [0.1, 0.15) is 26.4 Å². The number of hydrogen-bond acceptors (Lipinski definition) is 4. The topological polar surface area (TPSA) is 41.5 Å². The van der Waals surface area contributed by atoms with E-state index < -0.39 is 0 Å². The van der Waals surface area contributed by atoms with Gasteiger partial charge in [0, 0.05) is 21.1 Å². The van der Waals surface area contributed by atoms with Crippen molar-refractivity contribution in [2.24, 2.45) is 5.10 Å². The van der Waals surface area contributed by atoms with Gasteiger partial charge in [0.05, 0.1) is 6.21 Å². The smallest absolute Gasteiger partial charge is 0.267 e. The lowest BCUT2D eigenvalue weighted by Gasteiger charge is -2.04. The summed E-state index contributed by atoms with van der Waals surface area (Å²) in [6, 6.07) is 19.9. The molecule has 2 aromatic carbocycles. The number of amides is 1. The molecular formula is C20H18N2OS2. The van der Waals surface area contributed by atoms with Crippen LogP contribution in [0.4, 0.5) is 0 Å². The Morgan fingerprint density at radius 3 is 2.56 bits per heavy atom. The lowest BCUT2D eigenvalue weighted by Crippen LogP contribution is -2.17. The van der Waals surface area contributed by atoms with Crippen LogP contribution in [0.15, 0.2) is 76.0 Å². The highest BCUT2D eigenvalue weighted by Gasteiger charge is 2.04. The minimum atomic E-state index is -0.201. The summed E-state index contributed by atoms with van der Waals surface area (Å²) in [6.45, 7) is 2.02. The summed E-state index contributed by atoms with van der Waals surface area (Å²) in [6.07, 6.45) is 1.68. The molecule has 0 saturated heterocycles. The van der Waals surface area contributed by atoms with E-state index in [4.69, 9.17) is 0 Å². The van der Waals surface area contributed by atoms with Crippen molar-refractivity contribution in [3.05, 3.63) is 87.6 Å². The average Bonchev–Trinajstić information content (AvgIpc) is 3.06. The fraction of sp³-hybridized carbons (Fsp3) is 0.100. The van der Waals surface area contributed by atoms with E-state index >= 15 is 0 Å². The van der Waals surface area contributed by atoms with E-state index in [0.29, 0.717) is 5.56 Å². The predicted molar refractivity (Wildman–Crippen MR) is 107 cm³/mol. The summed E-state index contributed by atoms with van der Waals surface area (Å²) in [7, 11) is 0. The summed E-state index contributed by atoms with van der Waals surface area (Å²) in [5.74, 6) is 0.676. The Bertz CT molecular complexity index is 855. The van der Waals surface area contributed by atoms with Crippen molar-refractivity contribution in [2.45, 2.75) is 17.6 Å². The van der Waals surface area contributed by atoms with E-state index in [9.17, 15) is 4.79 Å². The zero-order valence-electron chi connectivity index (χ0n) is 13.8. The first-order chi connectivity index (χ1) is 12.2. The Hall–Kier alpha value is -2.37. The number of thiophene rings is 1. The summed E-state index contributed by atoms with van der Waals surface area (Å²) < 4.78 is 0. The monoisotopic (exact) mass is 366 g/mol. The maximum atomic E-state index is 12.1. The van der Waals surface area contributed by atoms with Crippen molar-refractivity contribution < 1.29 is 4.79 Å². The molecule has 126 valence electrons. The van der Waals surface area contributed by atoms with Crippen LogP contribution in [-0.4, -0.2) is 12.1 Å². The maximum Gasteiger partial charge on any atom is 0.271 e. The van der Waals surface area contributed by atoms with Crippen LogP contribution in [0.25, 0.3) is 0 Å². The molecule has 0 spiro atoms. The van der Waals surface area contributed by atoms with E-state index in [1.807, 2.05) is 60.8 Å². The summed E-state index contributed by atoms with van der Waals surface area (Å²) in [5.41, 5.74) is 5.52. The number of hydrazone groups is 1. The molecule has 1 amide bonds. The number of rotatable bonds is 6. The Balaban J connectivity index is 1.53. The van der Waals surface area contributed by atoms with Gasteiger partial charge in [0.15, 0.2) is 0 Å². The zero-order valence-corrected chi connectivity index (χ0v) is 15.4. The number of carbonyl (C=O) groups excluding carboxylic acids is 1.